The van der Waals surface area contributed by atoms with Crippen LogP contribution in [0.25, 0.3) is 0 Å². The van der Waals surface area contributed by atoms with Gasteiger partial charge in [-0.15, -0.1) is 0 Å². The zero-order chi connectivity index (χ0) is 23.6. The fourth-order valence-electron chi connectivity index (χ4n) is 4.70. The van der Waals surface area contributed by atoms with Gasteiger partial charge in [0.2, 0.25) is 0 Å². The molecule has 2 fully saturated rings. The van der Waals surface area contributed by atoms with Gasteiger partial charge >= 0.3 is 0 Å². The first-order valence-electron chi connectivity index (χ1n) is 12.7. The summed E-state index contributed by atoms with van der Waals surface area (Å²) in [5.74, 6) is 1.49. The molecule has 2 aromatic rings. The van der Waals surface area contributed by atoms with Gasteiger partial charge in [0.05, 0.1) is 12.7 Å². The van der Waals surface area contributed by atoms with Gasteiger partial charge in [-0.05, 0) is 55.5 Å². The Bertz CT molecular complexity index is 819. The number of aliphatic hydroxyl groups is 1. The van der Waals surface area contributed by atoms with Crippen molar-refractivity contribution >= 4 is 0 Å². The lowest BCUT2D eigenvalue weighted by Gasteiger charge is -2.26. The smallest absolute Gasteiger partial charge is 0.119 e. The predicted octanol–water partition coefficient (Wildman–Crippen LogP) is 4.73. The molecule has 0 amide bonds. The Morgan fingerprint density at radius 2 is 1.42 bits per heavy atom. The predicted molar refractivity (Wildman–Crippen MR) is 136 cm³/mol. The van der Waals surface area contributed by atoms with Crippen LogP contribution in [0.5, 0.6) is 5.75 Å². The second-order valence-corrected chi connectivity index (χ2v) is 11.1. The van der Waals surface area contributed by atoms with Crippen LogP contribution in [-0.4, -0.2) is 65.9 Å². The summed E-state index contributed by atoms with van der Waals surface area (Å²) >= 11 is 0. The van der Waals surface area contributed by atoms with Crippen molar-refractivity contribution < 1.29 is 9.84 Å². The lowest BCUT2D eigenvalue weighted by Crippen LogP contribution is -2.21. The van der Waals surface area contributed by atoms with Crippen LogP contribution >= 0.6 is 0 Å². The van der Waals surface area contributed by atoms with Crippen molar-refractivity contribution in [2.24, 2.45) is 5.92 Å². The summed E-state index contributed by atoms with van der Waals surface area (Å²) in [5.41, 5.74) is 3.81. The number of ether oxygens (including phenoxy) is 1. The molecule has 4 rings (SSSR count). The molecular weight excluding hydrogens is 408 g/mol. The lowest BCUT2D eigenvalue weighted by atomic mass is 9.78. The first-order valence-corrected chi connectivity index (χ1v) is 12.7. The van der Waals surface area contributed by atoms with Gasteiger partial charge < -0.3 is 9.84 Å². The molecule has 2 aromatic carbocycles. The van der Waals surface area contributed by atoms with Crippen molar-refractivity contribution in [2.75, 3.05) is 32.8 Å². The van der Waals surface area contributed by atoms with E-state index in [4.69, 9.17) is 4.74 Å². The van der Waals surface area contributed by atoms with Crippen molar-refractivity contribution in [1.82, 2.24) is 9.80 Å². The summed E-state index contributed by atoms with van der Waals surface area (Å²) in [6.07, 6.45) is 1.51. The summed E-state index contributed by atoms with van der Waals surface area (Å²) < 4.78 is 6.05. The Labute approximate surface area is 200 Å². The Morgan fingerprint density at radius 1 is 0.909 bits per heavy atom. The Kier molecular flexibility index (Phi) is 7.47. The second kappa shape index (κ2) is 10.2. The maximum Gasteiger partial charge on any atom is 0.119 e. The van der Waals surface area contributed by atoms with Crippen molar-refractivity contribution in [3.05, 3.63) is 65.2 Å². The van der Waals surface area contributed by atoms with E-state index in [2.05, 4.69) is 92.9 Å². The van der Waals surface area contributed by atoms with E-state index >= 15 is 0 Å². The van der Waals surface area contributed by atoms with Crippen LogP contribution in [0.15, 0.2) is 48.5 Å². The number of hydrogen-bond donors (Lipinski definition) is 1. The van der Waals surface area contributed by atoms with Crippen LogP contribution in [0.2, 0.25) is 0 Å². The molecule has 0 aromatic heterocycles. The molecule has 4 heteroatoms. The fraction of sp³-hybridized carbons (Fsp3) is 0.586. The molecule has 6 atom stereocenters. The minimum Gasteiger partial charge on any atom is -0.493 e. The summed E-state index contributed by atoms with van der Waals surface area (Å²) in [6.45, 7) is 16.4. The molecule has 180 valence electrons. The van der Waals surface area contributed by atoms with Gasteiger partial charge in [-0.1, -0.05) is 57.2 Å². The van der Waals surface area contributed by atoms with Gasteiger partial charge in [-0.2, -0.15) is 0 Å². The van der Waals surface area contributed by atoms with E-state index in [1.54, 1.807) is 0 Å². The van der Waals surface area contributed by atoms with Gasteiger partial charge in [-0.3, -0.25) is 9.80 Å². The average molecular weight is 451 g/mol. The normalized spacial score (nSPS) is 26.0. The van der Waals surface area contributed by atoms with Crippen LogP contribution in [0.1, 0.15) is 57.7 Å². The van der Waals surface area contributed by atoms with Crippen molar-refractivity contribution in [1.29, 1.82) is 0 Å². The van der Waals surface area contributed by atoms with Crippen LogP contribution in [-0.2, 0) is 11.8 Å². The van der Waals surface area contributed by atoms with Crippen molar-refractivity contribution in [3.8, 4) is 5.75 Å². The average Bonchev–Trinajstić information content (AvgIpc) is 3.69. The van der Waals surface area contributed by atoms with Crippen molar-refractivity contribution in [2.45, 2.75) is 71.1 Å². The molecule has 2 aliphatic rings. The second-order valence-electron chi connectivity index (χ2n) is 11.1. The number of aliphatic hydroxyl groups excluding tert-OH is 1. The number of hydrogen-bond acceptors (Lipinski definition) is 4. The quantitative estimate of drug-likeness (QED) is 0.474. The molecule has 2 heterocycles. The van der Waals surface area contributed by atoms with E-state index in [0.717, 1.165) is 50.9 Å². The fourth-order valence-corrected chi connectivity index (χ4v) is 4.70. The highest BCUT2D eigenvalue weighted by molar-refractivity contribution is 5.41. The molecule has 1 N–H and O–H groups in total. The van der Waals surface area contributed by atoms with E-state index in [9.17, 15) is 5.11 Å². The third kappa shape index (κ3) is 6.59. The summed E-state index contributed by atoms with van der Waals surface area (Å²) in [4.78, 5) is 4.81. The van der Waals surface area contributed by atoms with E-state index in [0.29, 0.717) is 12.0 Å². The number of benzene rings is 2. The topological polar surface area (TPSA) is 35.5 Å². The molecule has 0 bridgehead atoms. The van der Waals surface area contributed by atoms with Gasteiger partial charge in [0.1, 0.15) is 5.75 Å². The van der Waals surface area contributed by atoms with E-state index in [1.165, 1.54) is 23.2 Å². The summed E-state index contributed by atoms with van der Waals surface area (Å²) in [6, 6.07) is 19.0. The van der Waals surface area contributed by atoms with Crippen LogP contribution < -0.4 is 4.74 Å². The van der Waals surface area contributed by atoms with Gasteiger partial charge in [0.25, 0.3) is 0 Å². The number of aryl methyl sites for hydroxylation is 1. The molecule has 2 aliphatic heterocycles. The van der Waals surface area contributed by atoms with Crippen molar-refractivity contribution in [3.63, 3.8) is 0 Å². The highest BCUT2D eigenvalue weighted by Crippen LogP contribution is 2.33. The van der Waals surface area contributed by atoms with E-state index in [1.807, 2.05) is 0 Å². The Morgan fingerprint density at radius 3 is 1.97 bits per heavy atom. The molecular formula is C29H42N2O2. The molecule has 0 aliphatic carbocycles. The zero-order valence-corrected chi connectivity index (χ0v) is 21.1. The molecule has 6 unspecified atom stereocenters. The van der Waals surface area contributed by atoms with E-state index < -0.39 is 0 Å². The highest BCUT2D eigenvalue weighted by Gasteiger charge is 2.31. The maximum absolute atomic E-state index is 10.3. The van der Waals surface area contributed by atoms with Crippen LogP contribution in [0.3, 0.4) is 0 Å². The molecule has 0 spiro atoms. The SMILES string of the molecule is CC(COc1ccc(C(C)(C)c2ccc(CCC(O)CN3CC3C)cc2)cc1)CN1CC1C. The Balaban J connectivity index is 1.27. The maximum atomic E-state index is 10.3. The number of rotatable bonds is 12. The molecule has 0 saturated carbocycles. The first kappa shape index (κ1) is 24.3. The third-order valence-corrected chi connectivity index (χ3v) is 7.52. The number of nitrogens with zero attached hydrogens (tertiary/aromatic N) is 2. The lowest BCUT2D eigenvalue weighted by molar-refractivity contribution is 0.142. The Hall–Kier alpha value is -1.88. The first-order chi connectivity index (χ1) is 15.7. The third-order valence-electron chi connectivity index (χ3n) is 7.52. The summed E-state index contributed by atoms with van der Waals surface area (Å²) in [5, 5.41) is 10.3. The van der Waals surface area contributed by atoms with Crippen LogP contribution in [0.4, 0.5) is 0 Å². The monoisotopic (exact) mass is 450 g/mol. The van der Waals surface area contributed by atoms with Gasteiger partial charge in [0, 0.05) is 49.6 Å². The summed E-state index contributed by atoms with van der Waals surface area (Å²) in [7, 11) is 0. The molecule has 0 radical (unpaired) electrons. The van der Waals surface area contributed by atoms with Crippen LogP contribution in [0, 0.1) is 5.92 Å². The molecule has 4 nitrogen and oxygen atoms in total. The highest BCUT2D eigenvalue weighted by atomic mass is 16.5. The van der Waals surface area contributed by atoms with E-state index in [-0.39, 0.29) is 11.5 Å². The minimum absolute atomic E-state index is 0.0748. The zero-order valence-electron chi connectivity index (χ0n) is 21.1. The van der Waals surface area contributed by atoms with Gasteiger partial charge in [0.15, 0.2) is 0 Å². The van der Waals surface area contributed by atoms with Gasteiger partial charge in [-0.25, -0.2) is 0 Å². The minimum atomic E-state index is -0.232. The molecule has 33 heavy (non-hydrogen) atoms. The molecule has 2 saturated heterocycles. The number of β-amino-alcohol motifs (C(OH)–C–C–N with tert-alkyl or cyclic N) is 1. The standard InChI is InChI=1S/C29H42N2O2/c1-21(16-30-17-22(30)2)20-33-28-14-11-26(12-15-28)29(4,5)25-9-6-24(7-10-25)8-13-27(32)19-31-18-23(31)3/h6-7,9-12,14-15,21-23,27,32H,8,13,16-20H2,1-5H3. The largest absolute Gasteiger partial charge is 0.493 e.